The summed E-state index contributed by atoms with van der Waals surface area (Å²) in [6, 6.07) is 2.54. The van der Waals surface area contributed by atoms with Gasteiger partial charge in [0.05, 0.1) is 11.5 Å². The molecule has 0 spiro atoms. The molecule has 0 heterocycles. The largest absolute Gasteiger partial charge is 0.487 e. The number of nitrogens with zero attached hydrogens (tertiary/aromatic N) is 1. The van der Waals surface area contributed by atoms with Crippen molar-refractivity contribution < 1.29 is 27.2 Å². The van der Waals surface area contributed by atoms with E-state index in [1.165, 1.54) is 0 Å². The summed E-state index contributed by atoms with van der Waals surface area (Å²) in [6.45, 7) is -0.371. The summed E-state index contributed by atoms with van der Waals surface area (Å²) in [7, 11) is 0. The van der Waals surface area contributed by atoms with Gasteiger partial charge in [0.25, 0.3) is 0 Å². The molecular weight excluding hydrogens is 258 g/mol. The van der Waals surface area contributed by atoms with Gasteiger partial charge in [0.2, 0.25) is 0 Å². The van der Waals surface area contributed by atoms with Gasteiger partial charge in [-0.15, -0.1) is 0 Å². The average Bonchev–Trinajstić information content (AvgIpc) is 2.22. The lowest BCUT2D eigenvalue weighted by Crippen LogP contribution is -2.10. The molecule has 100 valence electrons. The molecule has 0 aromatic heterocycles. The summed E-state index contributed by atoms with van der Waals surface area (Å²) in [6.07, 6.45) is -5.72. The van der Waals surface area contributed by atoms with Crippen molar-refractivity contribution in [3.05, 3.63) is 34.1 Å². The molecular formula is C10H9F4NO3. The highest BCUT2D eigenvalue weighted by Gasteiger charge is 2.26. The molecule has 1 rings (SSSR count). The number of benzene rings is 1. The van der Waals surface area contributed by atoms with Gasteiger partial charge in [0.1, 0.15) is 5.82 Å². The fourth-order valence-corrected chi connectivity index (χ4v) is 1.21. The van der Waals surface area contributed by atoms with Crippen LogP contribution in [-0.2, 0) is 0 Å². The maximum absolute atomic E-state index is 12.8. The molecule has 0 fully saturated rings. The van der Waals surface area contributed by atoms with E-state index in [-0.39, 0.29) is 18.8 Å². The molecule has 1 aromatic carbocycles. The highest BCUT2D eigenvalue weighted by Crippen LogP contribution is 2.28. The predicted molar refractivity (Wildman–Crippen MR) is 53.8 cm³/mol. The van der Waals surface area contributed by atoms with Gasteiger partial charge in [-0.1, -0.05) is 0 Å². The molecule has 0 unspecified atom stereocenters. The Bertz CT molecular complexity index is 434. The van der Waals surface area contributed by atoms with E-state index in [1.807, 2.05) is 0 Å². The first-order valence-electron chi connectivity index (χ1n) is 4.93. The number of hydrogen-bond donors (Lipinski definition) is 0. The Hall–Kier alpha value is -1.86. The van der Waals surface area contributed by atoms with Gasteiger partial charge in [-0.3, -0.25) is 10.1 Å². The highest BCUT2D eigenvalue weighted by atomic mass is 19.4. The number of hydrogen-bond acceptors (Lipinski definition) is 3. The quantitative estimate of drug-likeness (QED) is 0.355. The van der Waals surface area contributed by atoms with Crippen molar-refractivity contribution in [2.24, 2.45) is 0 Å². The van der Waals surface area contributed by atoms with Gasteiger partial charge in [0.15, 0.2) is 5.75 Å². The second kappa shape index (κ2) is 5.65. The lowest BCUT2D eigenvalue weighted by Gasteiger charge is -2.08. The van der Waals surface area contributed by atoms with Gasteiger partial charge >= 0.3 is 11.9 Å². The van der Waals surface area contributed by atoms with Crippen LogP contribution in [0.25, 0.3) is 0 Å². The SMILES string of the molecule is O=[N+]([O-])c1ccc(F)cc1OCCCC(F)(F)F. The number of alkyl halides is 3. The molecule has 0 atom stereocenters. The minimum atomic E-state index is -4.31. The fourth-order valence-electron chi connectivity index (χ4n) is 1.21. The van der Waals surface area contributed by atoms with Crippen molar-refractivity contribution in [2.75, 3.05) is 6.61 Å². The van der Waals surface area contributed by atoms with Crippen molar-refractivity contribution in [3.8, 4) is 5.75 Å². The van der Waals surface area contributed by atoms with Crippen LogP contribution in [0.4, 0.5) is 23.2 Å². The van der Waals surface area contributed by atoms with E-state index in [0.29, 0.717) is 0 Å². The summed E-state index contributed by atoms with van der Waals surface area (Å²) in [5, 5.41) is 10.5. The van der Waals surface area contributed by atoms with E-state index in [4.69, 9.17) is 4.74 Å². The number of rotatable bonds is 5. The zero-order valence-corrected chi connectivity index (χ0v) is 9.04. The Kier molecular flexibility index (Phi) is 4.46. The average molecular weight is 267 g/mol. The lowest BCUT2D eigenvalue weighted by atomic mass is 10.3. The Labute approximate surface area is 99.3 Å². The van der Waals surface area contributed by atoms with Crippen LogP contribution in [0.2, 0.25) is 0 Å². The molecule has 4 nitrogen and oxygen atoms in total. The number of halogens is 4. The molecule has 0 N–H and O–H groups in total. The van der Waals surface area contributed by atoms with Crippen LogP contribution < -0.4 is 4.74 Å². The molecule has 0 aliphatic heterocycles. The molecule has 8 heteroatoms. The van der Waals surface area contributed by atoms with E-state index in [0.717, 1.165) is 18.2 Å². The maximum atomic E-state index is 12.8. The van der Waals surface area contributed by atoms with E-state index in [9.17, 15) is 27.7 Å². The zero-order valence-electron chi connectivity index (χ0n) is 9.04. The van der Waals surface area contributed by atoms with Crippen molar-refractivity contribution in [2.45, 2.75) is 19.0 Å². The smallest absolute Gasteiger partial charge is 0.389 e. The van der Waals surface area contributed by atoms with Gasteiger partial charge < -0.3 is 4.74 Å². The lowest BCUT2D eigenvalue weighted by molar-refractivity contribution is -0.385. The second-order valence-corrected chi connectivity index (χ2v) is 3.44. The van der Waals surface area contributed by atoms with Crippen molar-refractivity contribution in [1.29, 1.82) is 0 Å². The zero-order chi connectivity index (χ0) is 13.8. The normalized spacial score (nSPS) is 11.3. The van der Waals surface area contributed by atoms with Crippen molar-refractivity contribution >= 4 is 5.69 Å². The minimum Gasteiger partial charge on any atom is -0.487 e. The van der Waals surface area contributed by atoms with E-state index in [2.05, 4.69) is 0 Å². The third-order valence-electron chi connectivity index (χ3n) is 1.98. The van der Waals surface area contributed by atoms with E-state index in [1.54, 1.807) is 0 Å². The van der Waals surface area contributed by atoms with Gasteiger partial charge in [0, 0.05) is 18.6 Å². The number of ether oxygens (including phenoxy) is 1. The van der Waals surface area contributed by atoms with Crippen LogP contribution >= 0.6 is 0 Å². The van der Waals surface area contributed by atoms with Gasteiger partial charge in [-0.05, 0) is 12.5 Å². The van der Waals surface area contributed by atoms with Crippen LogP contribution in [0.15, 0.2) is 18.2 Å². The molecule has 0 saturated heterocycles. The van der Waals surface area contributed by atoms with Crippen LogP contribution in [0.5, 0.6) is 5.75 Å². The second-order valence-electron chi connectivity index (χ2n) is 3.44. The predicted octanol–water partition coefficient (Wildman–Crippen LogP) is 3.46. The molecule has 1 aromatic rings. The molecule has 0 saturated carbocycles. The third kappa shape index (κ3) is 4.56. The molecule has 0 bridgehead atoms. The first-order valence-corrected chi connectivity index (χ1v) is 4.93. The monoisotopic (exact) mass is 267 g/mol. The fraction of sp³-hybridized carbons (Fsp3) is 0.400. The van der Waals surface area contributed by atoms with Crippen LogP contribution in [0, 0.1) is 15.9 Å². The molecule has 18 heavy (non-hydrogen) atoms. The van der Waals surface area contributed by atoms with E-state index < -0.39 is 29.0 Å². The highest BCUT2D eigenvalue weighted by molar-refractivity contribution is 5.46. The third-order valence-corrected chi connectivity index (χ3v) is 1.98. The van der Waals surface area contributed by atoms with Crippen LogP contribution in [0.3, 0.4) is 0 Å². The first-order chi connectivity index (χ1) is 8.29. The van der Waals surface area contributed by atoms with E-state index >= 15 is 0 Å². The molecule has 0 radical (unpaired) electrons. The van der Waals surface area contributed by atoms with Gasteiger partial charge in [-0.2, -0.15) is 13.2 Å². The van der Waals surface area contributed by atoms with Gasteiger partial charge in [-0.25, -0.2) is 4.39 Å². The Morgan fingerprint density at radius 3 is 2.56 bits per heavy atom. The Morgan fingerprint density at radius 2 is 2.00 bits per heavy atom. The van der Waals surface area contributed by atoms with Crippen molar-refractivity contribution in [1.82, 2.24) is 0 Å². The van der Waals surface area contributed by atoms with Crippen molar-refractivity contribution in [3.63, 3.8) is 0 Å². The number of nitro groups is 1. The topological polar surface area (TPSA) is 52.4 Å². The van der Waals surface area contributed by atoms with Crippen LogP contribution in [-0.4, -0.2) is 17.7 Å². The summed E-state index contributed by atoms with van der Waals surface area (Å²) in [4.78, 5) is 9.75. The Balaban J connectivity index is 2.61. The molecule has 0 aliphatic carbocycles. The Morgan fingerprint density at radius 1 is 1.33 bits per heavy atom. The maximum Gasteiger partial charge on any atom is 0.389 e. The summed E-state index contributed by atoms with van der Waals surface area (Å²) in [5.74, 6) is -1.13. The summed E-state index contributed by atoms with van der Waals surface area (Å²) in [5.41, 5.74) is -0.483. The first kappa shape index (κ1) is 14.2. The molecule has 0 aliphatic rings. The minimum absolute atomic E-state index is 0.350. The molecule has 0 amide bonds. The summed E-state index contributed by atoms with van der Waals surface area (Å²) >= 11 is 0. The summed E-state index contributed by atoms with van der Waals surface area (Å²) < 4.78 is 53.1. The van der Waals surface area contributed by atoms with Crippen LogP contribution in [0.1, 0.15) is 12.8 Å². The standard InChI is InChI=1S/C10H9F4NO3/c11-7-2-3-8(15(16)17)9(6-7)18-5-1-4-10(12,13)14/h2-3,6H,1,4-5H2. The number of nitro benzene ring substituents is 1.